The van der Waals surface area contributed by atoms with Crippen molar-refractivity contribution in [2.45, 2.75) is 36.7 Å². The highest BCUT2D eigenvalue weighted by atomic mass is 35.5. The fraction of sp³-hybridized carbons (Fsp3) is 0.200. The standard InChI is InChI=1S/C20H16ClF3N2OS/c1-12-8-13(2)26-19(25-12)28-16-6-7-18(17(21)10-16)27-11-14-4-3-5-15(9-14)20(22,23)24/h3-10H,11H2,1-2H3. The molecule has 0 saturated carbocycles. The Balaban J connectivity index is 1.69. The lowest BCUT2D eigenvalue weighted by Crippen LogP contribution is -2.06. The second-order valence-corrected chi connectivity index (χ2v) is 7.56. The van der Waals surface area contributed by atoms with E-state index in [0.717, 1.165) is 28.4 Å². The van der Waals surface area contributed by atoms with Gasteiger partial charge in [0.2, 0.25) is 0 Å². The van der Waals surface area contributed by atoms with Crippen LogP contribution in [0.1, 0.15) is 22.5 Å². The van der Waals surface area contributed by atoms with Crippen molar-refractivity contribution in [1.82, 2.24) is 9.97 Å². The van der Waals surface area contributed by atoms with Crippen LogP contribution in [0.3, 0.4) is 0 Å². The van der Waals surface area contributed by atoms with E-state index in [0.29, 0.717) is 21.5 Å². The third-order valence-electron chi connectivity index (χ3n) is 3.72. The summed E-state index contributed by atoms with van der Waals surface area (Å²) in [7, 11) is 0. The Morgan fingerprint density at radius 3 is 2.36 bits per heavy atom. The molecule has 0 radical (unpaired) electrons. The van der Waals surface area contributed by atoms with Gasteiger partial charge < -0.3 is 4.74 Å². The molecule has 0 amide bonds. The number of halogens is 4. The van der Waals surface area contributed by atoms with E-state index >= 15 is 0 Å². The summed E-state index contributed by atoms with van der Waals surface area (Å²) < 4.78 is 44.0. The number of aromatic nitrogens is 2. The van der Waals surface area contributed by atoms with E-state index < -0.39 is 11.7 Å². The van der Waals surface area contributed by atoms with E-state index in [1.54, 1.807) is 24.3 Å². The van der Waals surface area contributed by atoms with Crippen LogP contribution in [0.25, 0.3) is 0 Å². The lowest BCUT2D eigenvalue weighted by molar-refractivity contribution is -0.137. The van der Waals surface area contributed by atoms with Crippen molar-refractivity contribution in [3.8, 4) is 5.75 Å². The van der Waals surface area contributed by atoms with Crippen LogP contribution < -0.4 is 4.74 Å². The van der Waals surface area contributed by atoms with Gasteiger partial charge in [0.15, 0.2) is 5.16 Å². The second kappa shape index (κ2) is 8.41. The molecule has 8 heteroatoms. The molecule has 0 aliphatic heterocycles. The van der Waals surface area contributed by atoms with Crippen LogP contribution in [0.2, 0.25) is 5.02 Å². The molecule has 0 fully saturated rings. The number of aryl methyl sites for hydroxylation is 2. The van der Waals surface area contributed by atoms with Gasteiger partial charge in [0.25, 0.3) is 0 Å². The van der Waals surface area contributed by atoms with Gasteiger partial charge in [-0.1, -0.05) is 23.7 Å². The van der Waals surface area contributed by atoms with Crippen LogP contribution in [0.5, 0.6) is 5.75 Å². The van der Waals surface area contributed by atoms with E-state index in [2.05, 4.69) is 9.97 Å². The summed E-state index contributed by atoms with van der Waals surface area (Å²) in [5.74, 6) is 0.393. The molecule has 146 valence electrons. The largest absolute Gasteiger partial charge is 0.487 e. The number of ether oxygens (including phenoxy) is 1. The first-order chi connectivity index (χ1) is 13.2. The van der Waals surface area contributed by atoms with E-state index in [1.807, 2.05) is 19.9 Å². The van der Waals surface area contributed by atoms with Crippen molar-refractivity contribution in [3.63, 3.8) is 0 Å². The maximum Gasteiger partial charge on any atom is 0.416 e. The van der Waals surface area contributed by atoms with Gasteiger partial charge in [-0.05, 0) is 67.6 Å². The zero-order valence-corrected chi connectivity index (χ0v) is 16.6. The smallest absolute Gasteiger partial charge is 0.416 e. The van der Waals surface area contributed by atoms with Crippen molar-refractivity contribution < 1.29 is 17.9 Å². The number of nitrogens with zero attached hydrogens (tertiary/aromatic N) is 2. The van der Waals surface area contributed by atoms with Crippen molar-refractivity contribution >= 4 is 23.4 Å². The van der Waals surface area contributed by atoms with E-state index in [-0.39, 0.29) is 6.61 Å². The van der Waals surface area contributed by atoms with Gasteiger partial charge in [-0.25, -0.2) is 9.97 Å². The molecule has 0 bridgehead atoms. The van der Waals surface area contributed by atoms with E-state index in [9.17, 15) is 13.2 Å². The Morgan fingerprint density at radius 1 is 1.00 bits per heavy atom. The van der Waals surface area contributed by atoms with Crippen LogP contribution in [0.4, 0.5) is 13.2 Å². The summed E-state index contributed by atoms with van der Waals surface area (Å²) in [6, 6.07) is 12.1. The van der Waals surface area contributed by atoms with E-state index in [4.69, 9.17) is 16.3 Å². The molecule has 0 aliphatic rings. The van der Waals surface area contributed by atoms with Gasteiger partial charge in [0, 0.05) is 16.3 Å². The number of hydrogen-bond donors (Lipinski definition) is 0. The van der Waals surface area contributed by atoms with Gasteiger partial charge in [-0.2, -0.15) is 13.2 Å². The predicted molar refractivity (Wildman–Crippen MR) is 103 cm³/mol. The molecule has 0 unspecified atom stereocenters. The monoisotopic (exact) mass is 424 g/mol. The fourth-order valence-corrected chi connectivity index (χ4v) is 3.71. The highest BCUT2D eigenvalue weighted by Gasteiger charge is 2.30. The molecule has 1 heterocycles. The lowest BCUT2D eigenvalue weighted by Gasteiger charge is -2.11. The average Bonchev–Trinajstić information content (AvgIpc) is 2.60. The summed E-state index contributed by atoms with van der Waals surface area (Å²) in [6.07, 6.45) is -4.39. The van der Waals surface area contributed by atoms with Gasteiger partial charge >= 0.3 is 6.18 Å². The molecule has 2 aromatic carbocycles. The average molecular weight is 425 g/mol. The molecule has 3 nitrogen and oxygen atoms in total. The maximum atomic E-state index is 12.8. The summed E-state index contributed by atoms with van der Waals surface area (Å²) in [5.41, 5.74) is 1.46. The summed E-state index contributed by atoms with van der Waals surface area (Å²) in [5, 5.41) is 0.979. The van der Waals surface area contributed by atoms with Crippen LogP contribution in [0.15, 0.2) is 58.6 Å². The van der Waals surface area contributed by atoms with Crippen molar-refractivity contribution in [2.75, 3.05) is 0 Å². The van der Waals surface area contributed by atoms with Gasteiger partial charge in [0.1, 0.15) is 12.4 Å². The first-order valence-electron chi connectivity index (χ1n) is 8.29. The molecule has 3 aromatic rings. The predicted octanol–water partition coefficient (Wildman–Crippen LogP) is 6.50. The van der Waals surface area contributed by atoms with Crippen molar-refractivity contribution in [2.24, 2.45) is 0 Å². The Kier molecular flexibility index (Phi) is 6.15. The first-order valence-corrected chi connectivity index (χ1v) is 9.49. The normalized spacial score (nSPS) is 11.5. The number of rotatable bonds is 5. The van der Waals surface area contributed by atoms with Crippen molar-refractivity contribution in [3.05, 3.63) is 76.1 Å². The Bertz CT molecular complexity index is 975. The van der Waals surface area contributed by atoms with Gasteiger partial charge in [0.05, 0.1) is 10.6 Å². The van der Waals surface area contributed by atoms with Crippen LogP contribution in [-0.2, 0) is 12.8 Å². The third-order valence-corrected chi connectivity index (χ3v) is 4.87. The minimum absolute atomic E-state index is 0.0175. The summed E-state index contributed by atoms with van der Waals surface area (Å²) in [4.78, 5) is 9.58. The molecule has 3 rings (SSSR count). The topological polar surface area (TPSA) is 35.0 Å². The van der Waals surface area contributed by atoms with Gasteiger partial charge in [-0.3, -0.25) is 0 Å². The maximum absolute atomic E-state index is 12.8. The summed E-state index contributed by atoms with van der Waals surface area (Å²) in [6.45, 7) is 3.78. The molecular weight excluding hydrogens is 409 g/mol. The zero-order chi connectivity index (χ0) is 20.3. The first kappa shape index (κ1) is 20.5. The second-order valence-electron chi connectivity index (χ2n) is 6.11. The lowest BCUT2D eigenvalue weighted by atomic mass is 10.1. The zero-order valence-electron chi connectivity index (χ0n) is 15.0. The Labute approximate surface area is 169 Å². The SMILES string of the molecule is Cc1cc(C)nc(Sc2ccc(OCc3cccc(C(F)(F)F)c3)c(Cl)c2)n1. The molecule has 0 N–H and O–H groups in total. The molecule has 0 aliphatic carbocycles. The Hall–Kier alpha value is -2.25. The van der Waals surface area contributed by atoms with Crippen LogP contribution in [0, 0.1) is 13.8 Å². The minimum atomic E-state index is -4.39. The summed E-state index contributed by atoms with van der Waals surface area (Å²) >= 11 is 7.64. The van der Waals surface area contributed by atoms with E-state index in [1.165, 1.54) is 17.8 Å². The van der Waals surface area contributed by atoms with Crippen LogP contribution in [-0.4, -0.2) is 9.97 Å². The Morgan fingerprint density at radius 2 is 1.71 bits per heavy atom. The highest BCUT2D eigenvalue weighted by Crippen LogP contribution is 2.33. The van der Waals surface area contributed by atoms with Gasteiger partial charge in [-0.15, -0.1) is 0 Å². The fourth-order valence-electron chi connectivity index (χ4n) is 2.51. The quantitative estimate of drug-likeness (QED) is 0.438. The molecule has 0 atom stereocenters. The highest BCUT2D eigenvalue weighted by molar-refractivity contribution is 7.99. The molecule has 28 heavy (non-hydrogen) atoms. The number of hydrogen-bond acceptors (Lipinski definition) is 4. The number of benzene rings is 2. The van der Waals surface area contributed by atoms with Crippen LogP contribution >= 0.6 is 23.4 Å². The third kappa shape index (κ3) is 5.39. The number of alkyl halides is 3. The minimum Gasteiger partial charge on any atom is -0.487 e. The molecule has 0 saturated heterocycles. The molecule has 1 aromatic heterocycles. The molecule has 0 spiro atoms. The van der Waals surface area contributed by atoms with Crippen molar-refractivity contribution in [1.29, 1.82) is 0 Å². The molecular formula is C20H16ClF3N2OS.